The van der Waals surface area contributed by atoms with Crippen LogP contribution < -0.4 is 0 Å². The van der Waals surface area contributed by atoms with Crippen LogP contribution in [-0.2, 0) is 9.59 Å². The Hall–Kier alpha value is -5.20. The highest BCUT2D eigenvalue weighted by Crippen LogP contribution is 2.46. The molecule has 2 aliphatic carbocycles. The van der Waals surface area contributed by atoms with Crippen molar-refractivity contribution in [3.05, 3.63) is 131 Å². The highest BCUT2D eigenvalue weighted by Gasteiger charge is 2.50. The first-order valence-corrected chi connectivity index (χ1v) is 17.1. The molecule has 240 valence electrons. The van der Waals surface area contributed by atoms with Gasteiger partial charge >= 0.3 is 0 Å². The summed E-state index contributed by atoms with van der Waals surface area (Å²) in [6.45, 7) is 0. The van der Waals surface area contributed by atoms with Gasteiger partial charge in [0.2, 0.25) is 11.8 Å². The standard InChI is InChI=1S/2C21H20N2O/c2*1-23-19-9-5-8-17(19)20(21(23)24)18-13-12-16(14-22-18)11-10-15-6-3-2-4-7-15/h2*2-4,6-7,12-14,17,19-20H,5,8-9H2,1H3/t2*17-,19+,20-/m10/s1. The zero-order valence-electron chi connectivity index (χ0n) is 27.5. The molecular weight excluding hydrogens is 592 g/mol. The third kappa shape index (κ3) is 6.36. The largest absolute Gasteiger partial charge is 0.342 e. The lowest BCUT2D eigenvalue weighted by molar-refractivity contribution is -0.129. The second-order valence-electron chi connectivity index (χ2n) is 13.4. The molecule has 0 bridgehead atoms. The third-order valence-electron chi connectivity index (χ3n) is 10.6. The smallest absolute Gasteiger partial charge is 0.232 e. The van der Waals surface area contributed by atoms with E-state index in [4.69, 9.17) is 0 Å². The lowest BCUT2D eigenvalue weighted by Gasteiger charge is -2.17. The van der Waals surface area contributed by atoms with E-state index >= 15 is 0 Å². The van der Waals surface area contributed by atoms with Crippen molar-refractivity contribution in [2.75, 3.05) is 14.1 Å². The molecule has 0 unspecified atom stereocenters. The fourth-order valence-corrected chi connectivity index (χ4v) is 8.16. The molecule has 4 fully saturated rings. The summed E-state index contributed by atoms with van der Waals surface area (Å²) in [6.07, 6.45) is 10.5. The second kappa shape index (κ2) is 13.9. The fraction of sp³-hybridized carbons (Fsp3) is 0.333. The molecule has 2 saturated carbocycles. The number of hydrogen-bond donors (Lipinski definition) is 0. The van der Waals surface area contributed by atoms with Crippen LogP contribution >= 0.6 is 0 Å². The van der Waals surface area contributed by atoms with Crippen molar-refractivity contribution in [2.45, 2.75) is 62.4 Å². The average Bonchev–Trinajstić information content (AvgIpc) is 3.90. The quantitative estimate of drug-likeness (QED) is 0.240. The van der Waals surface area contributed by atoms with Gasteiger partial charge in [-0.3, -0.25) is 19.6 Å². The van der Waals surface area contributed by atoms with E-state index in [1.54, 1.807) is 12.4 Å². The maximum atomic E-state index is 12.6. The molecule has 0 radical (unpaired) electrons. The second-order valence-corrected chi connectivity index (χ2v) is 13.4. The number of benzene rings is 2. The van der Waals surface area contributed by atoms with Gasteiger partial charge < -0.3 is 9.80 Å². The number of pyridine rings is 2. The van der Waals surface area contributed by atoms with Gasteiger partial charge in [-0.05, 0) is 86.1 Å². The molecule has 48 heavy (non-hydrogen) atoms. The molecule has 6 nitrogen and oxygen atoms in total. The van der Waals surface area contributed by atoms with Crippen molar-refractivity contribution in [3.8, 4) is 23.7 Å². The molecule has 2 aliphatic heterocycles. The molecule has 0 N–H and O–H groups in total. The van der Waals surface area contributed by atoms with Crippen molar-refractivity contribution in [1.29, 1.82) is 0 Å². The van der Waals surface area contributed by atoms with Crippen LogP contribution in [0.1, 0.15) is 84.0 Å². The van der Waals surface area contributed by atoms with Crippen molar-refractivity contribution < 1.29 is 9.59 Å². The number of amides is 2. The van der Waals surface area contributed by atoms with Crippen LogP contribution in [0.2, 0.25) is 0 Å². The van der Waals surface area contributed by atoms with E-state index in [1.165, 1.54) is 12.8 Å². The van der Waals surface area contributed by atoms with Gasteiger partial charge in [-0.15, -0.1) is 0 Å². The van der Waals surface area contributed by atoms with E-state index in [9.17, 15) is 9.59 Å². The molecule has 2 amide bonds. The molecule has 0 spiro atoms. The van der Waals surface area contributed by atoms with Crippen LogP contribution in [0.3, 0.4) is 0 Å². The lowest BCUT2D eigenvalue weighted by Crippen LogP contribution is -2.29. The molecule has 6 heteroatoms. The fourth-order valence-electron chi connectivity index (χ4n) is 8.16. The minimum absolute atomic E-state index is 0.0707. The number of fused-ring (bicyclic) bond motifs is 2. The molecule has 2 aromatic heterocycles. The van der Waals surface area contributed by atoms with E-state index in [1.807, 2.05) is 109 Å². The van der Waals surface area contributed by atoms with Crippen molar-refractivity contribution in [3.63, 3.8) is 0 Å². The van der Waals surface area contributed by atoms with Gasteiger partial charge in [0, 0.05) is 60.8 Å². The van der Waals surface area contributed by atoms with Gasteiger partial charge in [-0.2, -0.15) is 0 Å². The summed E-state index contributed by atoms with van der Waals surface area (Å²) in [6, 6.07) is 28.5. The number of aromatic nitrogens is 2. The summed E-state index contributed by atoms with van der Waals surface area (Å²) in [4.78, 5) is 38.2. The predicted molar refractivity (Wildman–Crippen MR) is 187 cm³/mol. The van der Waals surface area contributed by atoms with Crippen LogP contribution in [0.25, 0.3) is 0 Å². The molecule has 6 atom stereocenters. The first-order valence-electron chi connectivity index (χ1n) is 17.1. The Morgan fingerprint density at radius 2 is 0.917 bits per heavy atom. The maximum absolute atomic E-state index is 12.6. The van der Waals surface area contributed by atoms with Crippen molar-refractivity contribution in [2.24, 2.45) is 11.8 Å². The van der Waals surface area contributed by atoms with Crippen molar-refractivity contribution in [1.82, 2.24) is 19.8 Å². The van der Waals surface area contributed by atoms with Gasteiger partial charge in [0.05, 0.1) is 23.2 Å². The molecule has 2 aromatic carbocycles. The minimum Gasteiger partial charge on any atom is -0.342 e. The van der Waals surface area contributed by atoms with Crippen LogP contribution in [0.15, 0.2) is 97.3 Å². The minimum atomic E-state index is -0.0707. The molecular formula is C42H40N4O2. The lowest BCUT2D eigenvalue weighted by atomic mass is 9.89. The number of carbonyl (C=O) groups is 2. The Bertz CT molecular complexity index is 1740. The summed E-state index contributed by atoms with van der Waals surface area (Å²) in [5, 5.41) is 0. The van der Waals surface area contributed by atoms with E-state index in [0.29, 0.717) is 23.9 Å². The Morgan fingerprint density at radius 1 is 0.521 bits per heavy atom. The molecule has 4 aromatic rings. The van der Waals surface area contributed by atoms with Gasteiger partial charge in [0.25, 0.3) is 0 Å². The van der Waals surface area contributed by atoms with E-state index in [-0.39, 0.29) is 23.7 Å². The number of likely N-dealkylation sites (tertiary alicyclic amines) is 2. The number of hydrogen-bond acceptors (Lipinski definition) is 4. The summed E-state index contributed by atoms with van der Waals surface area (Å²) >= 11 is 0. The zero-order valence-corrected chi connectivity index (χ0v) is 27.5. The molecule has 8 rings (SSSR count). The SMILES string of the molecule is CN1C(=O)[C@@H](c2ccc(C#Cc3ccccc3)cn2)[C@@H]2CCC[C@@H]21.CN1C(=O)[C@H](c2ccc(C#Cc3ccccc3)cn2)[C@H]2CCC[C@H]21. The topological polar surface area (TPSA) is 66.4 Å². The van der Waals surface area contributed by atoms with Gasteiger partial charge in [0.1, 0.15) is 0 Å². The van der Waals surface area contributed by atoms with Crippen LogP contribution in [0, 0.1) is 35.5 Å². The van der Waals surface area contributed by atoms with Gasteiger partial charge in [0.15, 0.2) is 0 Å². The first kappa shape index (κ1) is 31.4. The molecule has 4 heterocycles. The Labute approximate surface area is 283 Å². The summed E-state index contributed by atoms with van der Waals surface area (Å²) in [5.41, 5.74) is 5.53. The summed E-state index contributed by atoms with van der Waals surface area (Å²) in [7, 11) is 3.87. The van der Waals surface area contributed by atoms with Gasteiger partial charge in [-0.25, -0.2) is 0 Å². The Morgan fingerprint density at radius 3 is 1.29 bits per heavy atom. The number of carbonyl (C=O) groups excluding carboxylic acids is 2. The van der Waals surface area contributed by atoms with Crippen LogP contribution in [0.5, 0.6) is 0 Å². The first-order chi connectivity index (χ1) is 23.5. The van der Waals surface area contributed by atoms with E-state index in [0.717, 1.165) is 59.3 Å². The number of likely N-dealkylation sites (N-methyl/N-ethyl adjacent to an activating group) is 2. The monoisotopic (exact) mass is 632 g/mol. The van der Waals surface area contributed by atoms with E-state index < -0.39 is 0 Å². The number of rotatable bonds is 2. The average molecular weight is 633 g/mol. The maximum Gasteiger partial charge on any atom is 0.232 e. The summed E-state index contributed by atoms with van der Waals surface area (Å²) in [5.74, 6) is 13.7. The van der Waals surface area contributed by atoms with E-state index in [2.05, 4.69) is 33.6 Å². The van der Waals surface area contributed by atoms with Crippen LogP contribution in [-0.4, -0.2) is 57.8 Å². The molecule has 4 aliphatic rings. The number of nitrogens with zero attached hydrogens (tertiary/aromatic N) is 4. The summed E-state index contributed by atoms with van der Waals surface area (Å²) < 4.78 is 0. The zero-order chi connectivity index (χ0) is 33.0. The van der Waals surface area contributed by atoms with Crippen molar-refractivity contribution >= 4 is 11.8 Å². The third-order valence-corrected chi connectivity index (χ3v) is 10.6. The highest BCUT2D eigenvalue weighted by molar-refractivity contribution is 5.87. The highest BCUT2D eigenvalue weighted by atomic mass is 16.2. The molecule has 2 saturated heterocycles. The Kier molecular flexibility index (Phi) is 9.08. The van der Waals surface area contributed by atoms with Crippen LogP contribution in [0.4, 0.5) is 0 Å². The predicted octanol–water partition coefficient (Wildman–Crippen LogP) is 6.41. The van der Waals surface area contributed by atoms with Gasteiger partial charge in [-0.1, -0.05) is 72.9 Å². The Balaban J connectivity index is 0.000000152. The normalized spacial score (nSPS) is 25.3.